The Kier molecular flexibility index (Phi) is 12.8. The molecule has 2 N–H and O–H groups in total. The Morgan fingerprint density at radius 3 is 2.52 bits per heavy atom. The number of guanidine groups is 1. The van der Waals surface area contributed by atoms with Crippen molar-refractivity contribution in [3.05, 3.63) is 35.4 Å². The summed E-state index contributed by atoms with van der Waals surface area (Å²) in [6, 6.07) is 3.70. The summed E-state index contributed by atoms with van der Waals surface area (Å²) in [6.07, 6.45) is 2.12. The van der Waals surface area contributed by atoms with Crippen LogP contribution >= 0.6 is 24.0 Å². The third-order valence-corrected chi connectivity index (χ3v) is 4.07. The second-order valence-electron chi connectivity index (χ2n) is 5.88. The van der Waals surface area contributed by atoms with Gasteiger partial charge in [0, 0.05) is 25.2 Å². The molecule has 0 saturated carbocycles. The van der Waals surface area contributed by atoms with Crippen LogP contribution in [0.5, 0.6) is 0 Å². The van der Waals surface area contributed by atoms with E-state index in [0.29, 0.717) is 5.96 Å². The van der Waals surface area contributed by atoms with E-state index in [4.69, 9.17) is 0 Å². The van der Waals surface area contributed by atoms with Crippen molar-refractivity contribution in [3.8, 4) is 0 Å². The maximum atomic E-state index is 13.6. The van der Waals surface area contributed by atoms with Gasteiger partial charge in [-0.05, 0) is 57.6 Å². The van der Waals surface area contributed by atoms with Crippen LogP contribution in [0.4, 0.5) is 8.78 Å². The van der Waals surface area contributed by atoms with Crippen LogP contribution in [0, 0.1) is 11.6 Å². The van der Waals surface area contributed by atoms with Gasteiger partial charge in [-0.1, -0.05) is 13.8 Å². The number of hydrogen-bond donors (Lipinski definition) is 2. The van der Waals surface area contributed by atoms with Crippen LogP contribution < -0.4 is 10.6 Å². The third-order valence-electron chi connectivity index (χ3n) is 4.07. The first-order chi connectivity index (χ1) is 11.5. The topological polar surface area (TPSA) is 39.7 Å². The van der Waals surface area contributed by atoms with Gasteiger partial charge in [-0.2, -0.15) is 0 Å². The average Bonchev–Trinajstić information content (AvgIpc) is 2.58. The fraction of sp³-hybridized carbons (Fsp3) is 0.611. The maximum Gasteiger partial charge on any atom is 0.191 e. The van der Waals surface area contributed by atoms with Crippen molar-refractivity contribution < 1.29 is 8.78 Å². The van der Waals surface area contributed by atoms with Gasteiger partial charge in [0.15, 0.2) is 5.96 Å². The molecule has 1 aromatic rings. The average molecular weight is 468 g/mol. The molecule has 7 heteroatoms. The van der Waals surface area contributed by atoms with Gasteiger partial charge in [0.1, 0.15) is 11.6 Å². The smallest absolute Gasteiger partial charge is 0.191 e. The van der Waals surface area contributed by atoms with Gasteiger partial charge in [-0.3, -0.25) is 4.99 Å². The molecule has 0 aliphatic rings. The molecule has 0 aliphatic heterocycles. The maximum absolute atomic E-state index is 13.6. The zero-order valence-electron chi connectivity index (χ0n) is 15.6. The molecule has 0 heterocycles. The lowest BCUT2D eigenvalue weighted by molar-refractivity contribution is 0.292. The predicted molar refractivity (Wildman–Crippen MR) is 112 cm³/mol. The molecule has 1 unspecified atom stereocenters. The van der Waals surface area contributed by atoms with Gasteiger partial charge >= 0.3 is 0 Å². The predicted octanol–water partition coefficient (Wildman–Crippen LogP) is 3.76. The molecule has 144 valence electrons. The van der Waals surface area contributed by atoms with E-state index < -0.39 is 11.6 Å². The van der Waals surface area contributed by atoms with Crippen LogP contribution in [0.15, 0.2) is 23.2 Å². The van der Waals surface area contributed by atoms with E-state index in [2.05, 4.69) is 41.3 Å². The highest BCUT2D eigenvalue weighted by Gasteiger charge is 2.08. The molecule has 1 aromatic carbocycles. The lowest BCUT2D eigenvalue weighted by Gasteiger charge is -2.21. The summed E-state index contributed by atoms with van der Waals surface area (Å²) in [7, 11) is 1.67. The standard InChI is InChI=1S/C18H30F2N4.HI/c1-5-24(6-2)11-7-8-14(3)23-18(21-4)22-13-15-12-16(19)9-10-17(15)20;/h9-10,12,14H,5-8,11,13H2,1-4H3,(H2,21,22,23);1H. The van der Waals surface area contributed by atoms with Crippen LogP contribution in [0.3, 0.4) is 0 Å². The second kappa shape index (κ2) is 13.3. The summed E-state index contributed by atoms with van der Waals surface area (Å²) in [5.41, 5.74) is 0.284. The van der Waals surface area contributed by atoms with Crippen LogP contribution in [-0.2, 0) is 6.54 Å². The number of hydrogen-bond acceptors (Lipinski definition) is 2. The SMILES string of the molecule is CCN(CC)CCCC(C)NC(=NC)NCc1cc(F)ccc1F.I. The van der Waals surface area contributed by atoms with Gasteiger partial charge in [0.25, 0.3) is 0 Å². The van der Waals surface area contributed by atoms with E-state index in [1.165, 1.54) is 6.07 Å². The Labute approximate surface area is 167 Å². The minimum absolute atomic E-state index is 0. The first kappa shape index (κ1) is 24.0. The van der Waals surface area contributed by atoms with Crippen molar-refractivity contribution in [3.63, 3.8) is 0 Å². The van der Waals surface area contributed by atoms with E-state index in [9.17, 15) is 8.78 Å². The first-order valence-corrected chi connectivity index (χ1v) is 8.63. The molecule has 1 atom stereocenters. The zero-order valence-corrected chi connectivity index (χ0v) is 17.9. The van der Waals surface area contributed by atoms with E-state index >= 15 is 0 Å². The van der Waals surface area contributed by atoms with Gasteiger partial charge < -0.3 is 15.5 Å². The highest BCUT2D eigenvalue weighted by atomic mass is 127. The van der Waals surface area contributed by atoms with Crippen LogP contribution in [0.2, 0.25) is 0 Å². The van der Waals surface area contributed by atoms with Crippen molar-refractivity contribution in [1.29, 1.82) is 0 Å². The highest BCUT2D eigenvalue weighted by Crippen LogP contribution is 2.09. The van der Waals surface area contributed by atoms with E-state index in [0.717, 1.165) is 44.6 Å². The fourth-order valence-electron chi connectivity index (χ4n) is 2.52. The Hall–Kier alpha value is -0.960. The fourth-order valence-corrected chi connectivity index (χ4v) is 2.52. The summed E-state index contributed by atoms with van der Waals surface area (Å²) < 4.78 is 26.8. The van der Waals surface area contributed by atoms with Crippen LogP contribution in [-0.4, -0.2) is 43.6 Å². The number of benzene rings is 1. The van der Waals surface area contributed by atoms with E-state index in [1.807, 2.05) is 0 Å². The van der Waals surface area contributed by atoms with Gasteiger partial charge in [-0.25, -0.2) is 8.78 Å². The van der Waals surface area contributed by atoms with E-state index in [1.54, 1.807) is 7.05 Å². The normalized spacial score (nSPS) is 12.7. The van der Waals surface area contributed by atoms with E-state index in [-0.39, 0.29) is 42.1 Å². The molecule has 0 bridgehead atoms. The Morgan fingerprint density at radius 1 is 1.24 bits per heavy atom. The molecule has 25 heavy (non-hydrogen) atoms. The van der Waals surface area contributed by atoms with Crippen LogP contribution in [0.25, 0.3) is 0 Å². The van der Waals surface area contributed by atoms with Crippen molar-refractivity contribution in [2.75, 3.05) is 26.7 Å². The second-order valence-corrected chi connectivity index (χ2v) is 5.88. The molecule has 0 saturated heterocycles. The third kappa shape index (κ3) is 9.34. The monoisotopic (exact) mass is 468 g/mol. The molecule has 0 radical (unpaired) electrons. The number of halogens is 3. The van der Waals surface area contributed by atoms with Crippen molar-refractivity contribution in [2.24, 2.45) is 4.99 Å². The number of nitrogens with one attached hydrogen (secondary N) is 2. The molecule has 0 fully saturated rings. The van der Waals surface area contributed by atoms with Gasteiger partial charge in [-0.15, -0.1) is 24.0 Å². The first-order valence-electron chi connectivity index (χ1n) is 8.63. The summed E-state index contributed by atoms with van der Waals surface area (Å²) in [5.74, 6) is -0.276. The summed E-state index contributed by atoms with van der Waals surface area (Å²) in [5, 5.41) is 6.31. The summed E-state index contributed by atoms with van der Waals surface area (Å²) in [4.78, 5) is 6.53. The molecule has 0 aromatic heterocycles. The highest BCUT2D eigenvalue weighted by molar-refractivity contribution is 14.0. The lowest BCUT2D eigenvalue weighted by atomic mass is 10.1. The molecular formula is C18H31F2IN4. The molecule has 4 nitrogen and oxygen atoms in total. The summed E-state index contributed by atoms with van der Waals surface area (Å²) in [6.45, 7) is 9.85. The molecular weight excluding hydrogens is 437 g/mol. The van der Waals surface area contributed by atoms with Gasteiger partial charge in [0.05, 0.1) is 0 Å². The van der Waals surface area contributed by atoms with Crippen molar-refractivity contribution in [1.82, 2.24) is 15.5 Å². The minimum atomic E-state index is -0.444. The number of aliphatic imine (C=N–C) groups is 1. The minimum Gasteiger partial charge on any atom is -0.354 e. The van der Waals surface area contributed by atoms with Crippen LogP contribution in [0.1, 0.15) is 39.2 Å². The molecule has 0 aliphatic carbocycles. The largest absolute Gasteiger partial charge is 0.354 e. The molecule has 0 amide bonds. The lowest BCUT2D eigenvalue weighted by Crippen LogP contribution is -2.42. The van der Waals surface area contributed by atoms with Gasteiger partial charge in [0.2, 0.25) is 0 Å². The molecule has 1 rings (SSSR count). The number of nitrogens with zero attached hydrogens (tertiary/aromatic N) is 2. The van der Waals surface area contributed by atoms with Crippen molar-refractivity contribution in [2.45, 2.75) is 46.2 Å². The Morgan fingerprint density at radius 2 is 1.92 bits per heavy atom. The Bertz CT molecular complexity index is 522. The Balaban J connectivity index is 0.00000576. The quantitative estimate of drug-likeness (QED) is 0.330. The number of rotatable bonds is 9. The zero-order chi connectivity index (χ0) is 17.9. The molecule has 0 spiro atoms. The summed E-state index contributed by atoms with van der Waals surface area (Å²) >= 11 is 0. The van der Waals surface area contributed by atoms with Crippen molar-refractivity contribution >= 4 is 29.9 Å².